The van der Waals surface area contributed by atoms with E-state index in [0.717, 1.165) is 50.2 Å². The normalized spacial score (nSPS) is 21.4. The van der Waals surface area contributed by atoms with Gasteiger partial charge in [0.05, 0.1) is 11.9 Å². The van der Waals surface area contributed by atoms with E-state index in [2.05, 4.69) is 32.5 Å². The molecule has 7 nitrogen and oxygen atoms in total. The predicted octanol–water partition coefficient (Wildman–Crippen LogP) is 2.17. The first-order valence-electron chi connectivity index (χ1n) is 10.3. The Morgan fingerprint density at radius 3 is 2.59 bits per heavy atom. The molecule has 2 aliphatic rings. The topological polar surface area (TPSA) is 81.3 Å². The lowest BCUT2D eigenvalue weighted by atomic mass is 9.84. The Labute approximate surface area is 171 Å². The van der Waals surface area contributed by atoms with Crippen LogP contribution in [-0.4, -0.2) is 63.0 Å². The summed E-state index contributed by atoms with van der Waals surface area (Å²) in [6, 6.07) is 10.3. The maximum atomic E-state index is 12.3. The molecule has 1 aromatic carbocycles. The fourth-order valence-electron chi connectivity index (χ4n) is 5.02. The van der Waals surface area contributed by atoms with Gasteiger partial charge in [-0.2, -0.15) is 5.10 Å². The lowest BCUT2D eigenvalue weighted by Gasteiger charge is -2.44. The van der Waals surface area contributed by atoms with Crippen LogP contribution in [-0.2, 0) is 16.1 Å². The number of aromatic amines is 1. The summed E-state index contributed by atoms with van der Waals surface area (Å²) >= 11 is 0. The van der Waals surface area contributed by atoms with E-state index in [9.17, 15) is 9.59 Å². The molecule has 29 heavy (non-hydrogen) atoms. The van der Waals surface area contributed by atoms with Gasteiger partial charge in [0.25, 0.3) is 0 Å². The van der Waals surface area contributed by atoms with Gasteiger partial charge in [0.2, 0.25) is 11.8 Å². The number of hydrogen-bond acceptors (Lipinski definition) is 4. The van der Waals surface area contributed by atoms with Crippen LogP contribution in [0.1, 0.15) is 38.7 Å². The van der Waals surface area contributed by atoms with Gasteiger partial charge in [-0.1, -0.05) is 30.3 Å². The van der Waals surface area contributed by atoms with Gasteiger partial charge >= 0.3 is 0 Å². The van der Waals surface area contributed by atoms with Crippen molar-refractivity contribution in [2.45, 2.75) is 51.2 Å². The molecule has 0 radical (unpaired) electrons. The first-order chi connectivity index (χ1) is 14.0. The molecule has 1 unspecified atom stereocenters. The number of nitrogens with zero attached hydrogens (tertiary/aromatic N) is 3. The first kappa shape index (κ1) is 19.6. The van der Waals surface area contributed by atoms with Gasteiger partial charge in [-0.05, 0) is 24.8 Å². The van der Waals surface area contributed by atoms with E-state index in [1.165, 1.54) is 5.56 Å². The molecule has 2 fully saturated rings. The average Bonchev–Trinajstić information content (AvgIpc) is 3.29. The third kappa shape index (κ3) is 4.05. The van der Waals surface area contributed by atoms with Crippen molar-refractivity contribution in [2.24, 2.45) is 0 Å². The Morgan fingerprint density at radius 2 is 1.93 bits per heavy atom. The highest BCUT2D eigenvalue weighted by molar-refractivity contribution is 5.76. The molecule has 2 saturated heterocycles. The summed E-state index contributed by atoms with van der Waals surface area (Å²) in [5, 5.41) is 10.4. The molecular formula is C22H29N5O2. The molecule has 0 saturated carbocycles. The zero-order valence-electron chi connectivity index (χ0n) is 17.1. The van der Waals surface area contributed by atoms with Crippen LogP contribution in [0.5, 0.6) is 0 Å². The monoisotopic (exact) mass is 395 g/mol. The first-order valence-corrected chi connectivity index (χ1v) is 10.3. The van der Waals surface area contributed by atoms with E-state index >= 15 is 0 Å². The minimum atomic E-state index is -0.131. The van der Waals surface area contributed by atoms with Crippen molar-refractivity contribution < 1.29 is 9.59 Å². The fourth-order valence-corrected chi connectivity index (χ4v) is 5.02. The molecule has 1 spiro atoms. The van der Waals surface area contributed by atoms with Crippen molar-refractivity contribution >= 4 is 11.8 Å². The quantitative estimate of drug-likeness (QED) is 0.831. The molecular weight excluding hydrogens is 366 g/mol. The molecule has 2 N–H and O–H groups in total. The molecule has 2 aliphatic heterocycles. The molecule has 0 aliphatic carbocycles. The number of hydrogen-bond donors (Lipinski definition) is 2. The summed E-state index contributed by atoms with van der Waals surface area (Å²) in [4.78, 5) is 28.2. The largest absolute Gasteiger partial charge is 0.352 e. The van der Waals surface area contributed by atoms with E-state index in [-0.39, 0.29) is 23.4 Å². The molecule has 2 aromatic rings. The summed E-state index contributed by atoms with van der Waals surface area (Å²) in [7, 11) is 0. The van der Waals surface area contributed by atoms with Gasteiger partial charge < -0.3 is 10.2 Å². The van der Waals surface area contributed by atoms with Gasteiger partial charge in [0.1, 0.15) is 0 Å². The second kappa shape index (κ2) is 7.99. The number of rotatable bonds is 4. The van der Waals surface area contributed by atoms with Crippen molar-refractivity contribution in [3.8, 4) is 11.3 Å². The summed E-state index contributed by atoms with van der Waals surface area (Å²) in [6.45, 7) is 6.50. The Kier molecular flexibility index (Phi) is 5.41. The van der Waals surface area contributed by atoms with E-state index in [1.807, 2.05) is 29.3 Å². The highest BCUT2D eigenvalue weighted by Gasteiger charge is 2.48. The van der Waals surface area contributed by atoms with Crippen LogP contribution in [0, 0.1) is 0 Å². The van der Waals surface area contributed by atoms with Gasteiger partial charge in [-0.25, -0.2) is 0 Å². The summed E-state index contributed by atoms with van der Waals surface area (Å²) in [5.41, 5.74) is 3.28. The van der Waals surface area contributed by atoms with Gasteiger partial charge in [0.15, 0.2) is 0 Å². The molecule has 7 heteroatoms. The Morgan fingerprint density at radius 1 is 1.21 bits per heavy atom. The minimum Gasteiger partial charge on any atom is -0.352 e. The number of benzene rings is 1. The summed E-state index contributed by atoms with van der Waals surface area (Å²) in [6.07, 6.45) is 4.63. The third-order valence-electron chi connectivity index (χ3n) is 6.35. The van der Waals surface area contributed by atoms with E-state index < -0.39 is 0 Å². The van der Waals surface area contributed by atoms with Crippen LogP contribution in [0.2, 0.25) is 0 Å². The number of carbonyl (C=O) groups excluding carboxylic acids is 2. The van der Waals surface area contributed by atoms with Crippen LogP contribution in [0.15, 0.2) is 36.5 Å². The standard InChI is InChI=1S/C22H29N5O2/c1-16(28)24-20-12-22(27(15-20)17(2)29)8-10-26(11-9-22)14-19-13-23-25-21(19)18-6-4-3-5-7-18/h3-7,13,20H,8-12,14-15H2,1-2H3,(H,23,25)(H,24,28). The second-order valence-electron chi connectivity index (χ2n) is 8.37. The maximum Gasteiger partial charge on any atom is 0.219 e. The number of nitrogens with one attached hydrogen (secondary N) is 2. The third-order valence-corrected chi connectivity index (χ3v) is 6.35. The van der Waals surface area contributed by atoms with Crippen molar-refractivity contribution in [2.75, 3.05) is 19.6 Å². The van der Waals surface area contributed by atoms with Crippen molar-refractivity contribution in [3.05, 3.63) is 42.1 Å². The highest BCUT2D eigenvalue weighted by Crippen LogP contribution is 2.39. The minimum absolute atomic E-state index is 0.0265. The summed E-state index contributed by atoms with van der Waals surface area (Å²) < 4.78 is 0. The molecule has 2 amide bonds. The number of likely N-dealkylation sites (tertiary alicyclic amines) is 2. The Bertz CT molecular complexity index is 870. The summed E-state index contributed by atoms with van der Waals surface area (Å²) in [5.74, 6) is 0.0777. The SMILES string of the molecule is CC(=O)NC1CN(C(C)=O)C2(CCN(Cc3cn[nH]c3-c3ccccc3)CC2)C1. The molecule has 154 valence electrons. The molecule has 4 rings (SSSR count). The molecule has 1 aromatic heterocycles. The number of H-pyrrole nitrogens is 1. The van der Waals surface area contributed by atoms with Crippen LogP contribution in [0.4, 0.5) is 0 Å². The van der Waals surface area contributed by atoms with Gasteiger partial charge in [0, 0.05) is 57.2 Å². The predicted molar refractivity (Wildman–Crippen MR) is 111 cm³/mol. The lowest BCUT2D eigenvalue weighted by Crippen LogP contribution is -2.53. The number of aromatic nitrogens is 2. The van der Waals surface area contributed by atoms with Gasteiger partial charge in [-0.3, -0.25) is 19.6 Å². The number of piperidine rings is 1. The average molecular weight is 396 g/mol. The molecule has 3 heterocycles. The Balaban J connectivity index is 1.43. The van der Waals surface area contributed by atoms with Crippen LogP contribution >= 0.6 is 0 Å². The van der Waals surface area contributed by atoms with Gasteiger partial charge in [-0.15, -0.1) is 0 Å². The van der Waals surface area contributed by atoms with Crippen molar-refractivity contribution in [1.29, 1.82) is 0 Å². The van der Waals surface area contributed by atoms with E-state index in [4.69, 9.17) is 0 Å². The van der Waals surface area contributed by atoms with Crippen LogP contribution < -0.4 is 5.32 Å². The molecule has 0 bridgehead atoms. The Hall–Kier alpha value is -2.67. The van der Waals surface area contributed by atoms with Crippen molar-refractivity contribution in [1.82, 2.24) is 25.3 Å². The highest BCUT2D eigenvalue weighted by atomic mass is 16.2. The van der Waals surface area contributed by atoms with Crippen LogP contribution in [0.3, 0.4) is 0 Å². The lowest BCUT2D eigenvalue weighted by molar-refractivity contribution is -0.134. The van der Waals surface area contributed by atoms with E-state index in [1.54, 1.807) is 13.8 Å². The second-order valence-corrected chi connectivity index (χ2v) is 8.37. The molecule has 1 atom stereocenters. The zero-order chi connectivity index (χ0) is 20.4. The van der Waals surface area contributed by atoms with Crippen molar-refractivity contribution in [3.63, 3.8) is 0 Å². The number of amides is 2. The fraction of sp³-hybridized carbons (Fsp3) is 0.500. The smallest absolute Gasteiger partial charge is 0.219 e. The zero-order valence-corrected chi connectivity index (χ0v) is 17.1. The number of carbonyl (C=O) groups is 2. The maximum absolute atomic E-state index is 12.3. The van der Waals surface area contributed by atoms with E-state index in [0.29, 0.717) is 6.54 Å². The van der Waals surface area contributed by atoms with Crippen LogP contribution in [0.25, 0.3) is 11.3 Å².